The molecule has 0 aliphatic heterocycles. The molecule has 0 aliphatic rings. The van der Waals surface area contributed by atoms with Crippen LogP contribution in [0.1, 0.15) is 43.4 Å². The third kappa shape index (κ3) is 3.85. The second kappa shape index (κ2) is 6.98. The number of unbranched alkanes of at least 4 members (excludes halogenated alkanes) is 1. The number of hydrogen-bond donors (Lipinski definition) is 0. The van der Waals surface area contributed by atoms with Crippen molar-refractivity contribution in [1.82, 2.24) is 0 Å². The molecule has 19 heavy (non-hydrogen) atoms. The molecule has 0 unspecified atom stereocenters. The van der Waals surface area contributed by atoms with Gasteiger partial charge in [-0.15, -0.1) is 0 Å². The molecule has 0 saturated carbocycles. The molecular weight excluding hydrogens is 232 g/mol. The van der Waals surface area contributed by atoms with Gasteiger partial charge in [-0.05, 0) is 37.0 Å². The van der Waals surface area contributed by atoms with Crippen molar-refractivity contribution in [3.05, 3.63) is 65.7 Å². The SMILES string of the molecule is CCCC[C@@H](Oc1ccccc1C)c1ccccc1. The zero-order valence-electron chi connectivity index (χ0n) is 11.8. The van der Waals surface area contributed by atoms with E-state index < -0.39 is 0 Å². The molecule has 0 bridgehead atoms. The summed E-state index contributed by atoms with van der Waals surface area (Å²) in [4.78, 5) is 0. The highest BCUT2D eigenvalue weighted by Crippen LogP contribution is 2.28. The summed E-state index contributed by atoms with van der Waals surface area (Å²) in [7, 11) is 0. The van der Waals surface area contributed by atoms with Gasteiger partial charge in [-0.25, -0.2) is 0 Å². The number of ether oxygens (including phenoxy) is 1. The van der Waals surface area contributed by atoms with Crippen LogP contribution in [-0.4, -0.2) is 0 Å². The van der Waals surface area contributed by atoms with Crippen molar-refractivity contribution in [3.8, 4) is 5.75 Å². The lowest BCUT2D eigenvalue weighted by Crippen LogP contribution is -2.08. The van der Waals surface area contributed by atoms with E-state index in [4.69, 9.17) is 4.74 Å². The van der Waals surface area contributed by atoms with E-state index in [9.17, 15) is 0 Å². The Kier molecular flexibility index (Phi) is 5.02. The van der Waals surface area contributed by atoms with Crippen LogP contribution in [0.5, 0.6) is 5.75 Å². The molecule has 1 atom stereocenters. The van der Waals surface area contributed by atoms with E-state index in [0.29, 0.717) is 0 Å². The van der Waals surface area contributed by atoms with Crippen molar-refractivity contribution in [3.63, 3.8) is 0 Å². The summed E-state index contributed by atoms with van der Waals surface area (Å²) < 4.78 is 6.23. The van der Waals surface area contributed by atoms with Crippen LogP contribution in [0.15, 0.2) is 54.6 Å². The van der Waals surface area contributed by atoms with Gasteiger partial charge in [0.1, 0.15) is 11.9 Å². The molecule has 0 N–H and O–H groups in total. The van der Waals surface area contributed by atoms with Gasteiger partial charge in [0.25, 0.3) is 0 Å². The summed E-state index contributed by atoms with van der Waals surface area (Å²) >= 11 is 0. The fraction of sp³-hybridized carbons (Fsp3) is 0.333. The summed E-state index contributed by atoms with van der Waals surface area (Å²) in [6, 6.07) is 18.7. The van der Waals surface area contributed by atoms with Gasteiger partial charge in [-0.3, -0.25) is 0 Å². The number of rotatable bonds is 6. The van der Waals surface area contributed by atoms with Gasteiger partial charge in [0.05, 0.1) is 0 Å². The molecule has 0 saturated heterocycles. The minimum Gasteiger partial charge on any atom is -0.485 e. The average Bonchev–Trinajstić information content (AvgIpc) is 2.46. The Balaban J connectivity index is 2.17. The molecule has 0 amide bonds. The molecule has 1 heteroatoms. The van der Waals surface area contributed by atoms with Crippen molar-refractivity contribution in [1.29, 1.82) is 0 Å². The number of hydrogen-bond acceptors (Lipinski definition) is 1. The summed E-state index contributed by atoms with van der Waals surface area (Å²) in [5, 5.41) is 0. The van der Waals surface area contributed by atoms with E-state index in [1.54, 1.807) is 0 Å². The van der Waals surface area contributed by atoms with Crippen LogP contribution < -0.4 is 4.74 Å². The van der Waals surface area contributed by atoms with Gasteiger partial charge in [0.2, 0.25) is 0 Å². The van der Waals surface area contributed by atoms with Crippen LogP contribution >= 0.6 is 0 Å². The Morgan fingerprint density at radius 3 is 2.32 bits per heavy atom. The molecule has 0 aromatic heterocycles. The largest absolute Gasteiger partial charge is 0.485 e. The summed E-state index contributed by atoms with van der Waals surface area (Å²) in [6.07, 6.45) is 3.60. The highest BCUT2D eigenvalue weighted by molar-refractivity contribution is 5.32. The van der Waals surface area contributed by atoms with Crippen LogP contribution in [0, 0.1) is 6.92 Å². The first-order valence-electron chi connectivity index (χ1n) is 7.08. The number of aryl methyl sites for hydroxylation is 1. The molecule has 2 aromatic carbocycles. The fourth-order valence-electron chi connectivity index (χ4n) is 2.19. The first-order valence-corrected chi connectivity index (χ1v) is 7.08. The molecule has 0 heterocycles. The normalized spacial score (nSPS) is 12.1. The summed E-state index contributed by atoms with van der Waals surface area (Å²) in [6.45, 7) is 4.31. The maximum absolute atomic E-state index is 6.23. The van der Waals surface area contributed by atoms with Gasteiger partial charge >= 0.3 is 0 Å². The Bertz CT molecular complexity index is 490. The first-order chi connectivity index (χ1) is 9.31. The standard InChI is InChI=1S/C18H22O/c1-3-4-13-18(16-11-6-5-7-12-16)19-17-14-9-8-10-15(17)2/h5-12,14,18H,3-4,13H2,1-2H3/t18-/m1/s1. The average molecular weight is 254 g/mol. The van der Waals surface area contributed by atoms with Crippen LogP contribution in [0.2, 0.25) is 0 Å². The molecule has 0 spiro atoms. The Labute approximate surface area is 116 Å². The van der Waals surface area contributed by atoms with Crippen molar-refractivity contribution in [2.45, 2.75) is 39.2 Å². The summed E-state index contributed by atoms with van der Waals surface area (Å²) in [5.41, 5.74) is 2.46. The zero-order chi connectivity index (χ0) is 13.5. The predicted molar refractivity (Wildman–Crippen MR) is 80.5 cm³/mol. The maximum atomic E-state index is 6.23. The van der Waals surface area contributed by atoms with Gasteiger partial charge < -0.3 is 4.74 Å². The van der Waals surface area contributed by atoms with Crippen LogP contribution in [0.25, 0.3) is 0 Å². The second-order valence-corrected chi connectivity index (χ2v) is 4.92. The van der Waals surface area contributed by atoms with E-state index in [2.05, 4.69) is 50.2 Å². The first kappa shape index (κ1) is 13.7. The highest BCUT2D eigenvalue weighted by Gasteiger charge is 2.13. The van der Waals surface area contributed by atoms with Crippen LogP contribution in [0.4, 0.5) is 0 Å². The quantitative estimate of drug-likeness (QED) is 0.679. The van der Waals surface area contributed by atoms with E-state index in [0.717, 1.165) is 12.2 Å². The number of para-hydroxylation sites is 1. The van der Waals surface area contributed by atoms with Crippen LogP contribution in [-0.2, 0) is 0 Å². The minimum atomic E-state index is 0.155. The topological polar surface area (TPSA) is 9.23 Å². The lowest BCUT2D eigenvalue weighted by molar-refractivity contribution is 0.190. The highest BCUT2D eigenvalue weighted by atomic mass is 16.5. The van der Waals surface area contributed by atoms with Crippen molar-refractivity contribution >= 4 is 0 Å². The summed E-state index contributed by atoms with van der Waals surface area (Å²) in [5.74, 6) is 0.993. The zero-order valence-corrected chi connectivity index (χ0v) is 11.8. The Morgan fingerprint density at radius 2 is 1.63 bits per heavy atom. The molecule has 2 rings (SSSR count). The third-order valence-corrected chi connectivity index (χ3v) is 3.35. The molecule has 0 aliphatic carbocycles. The maximum Gasteiger partial charge on any atom is 0.124 e. The lowest BCUT2D eigenvalue weighted by atomic mass is 10.0. The Morgan fingerprint density at radius 1 is 0.947 bits per heavy atom. The van der Waals surface area contributed by atoms with Crippen molar-refractivity contribution in [2.24, 2.45) is 0 Å². The molecule has 0 radical (unpaired) electrons. The van der Waals surface area contributed by atoms with Crippen LogP contribution in [0.3, 0.4) is 0 Å². The third-order valence-electron chi connectivity index (χ3n) is 3.35. The van der Waals surface area contributed by atoms with E-state index in [1.165, 1.54) is 24.0 Å². The lowest BCUT2D eigenvalue weighted by Gasteiger charge is -2.20. The molecule has 0 fully saturated rings. The van der Waals surface area contributed by atoms with Crippen molar-refractivity contribution in [2.75, 3.05) is 0 Å². The second-order valence-electron chi connectivity index (χ2n) is 4.92. The van der Waals surface area contributed by atoms with Gasteiger partial charge in [0, 0.05) is 0 Å². The predicted octanol–water partition coefficient (Wildman–Crippen LogP) is 5.31. The minimum absolute atomic E-state index is 0.155. The fourth-order valence-corrected chi connectivity index (χ4v) is 2.19. The number of benzene rings is 2. The molecular formula is C18H22O. The van der Waals surface area contributed by atoms with Crippen molar-refractivity contribution < 1.29 is 4.74 Å². The molecule has 2 aromatic rings. The smallest absolute Gasteiger partial charge is 0.124 e. The monoisotopic (exact) mass is 254 g/mol. The van der Waals surface area contributed by atoms with E-state index in [1.807, 2.05) is 18.2 Å². The van der Waals surface area contributed by atoms with Gasteiger partial charge in [0.15, 0.2) is 0 Å². The Hall–Kier alpha value is -1.76. The molecule has 1 nitrogen and oxygen atoms in total. The van der Waals surface area contributed by atoms with E-state index >= 15 is 0 Å². The van der Waals surface area contributed by atoms with Gasteiger partial charge in [-0.1, -0.05) is 61.9 Å². The van der Waals surface area contributed by atoms with E-state index in [-0.39, 0.29) is 6.10 Å². The van der Waals surface area contributed by atoms with Gasteiger partial charge in [-0.2, -0.15) is 0 Å². The molecule has 100 valence electrons.